The van der Waals surface area contributed by atoms with Crippen LogP contribution in [0.3, 0.4) is 0 Å². The van der Waals surface area contributed by atoms with Crippen LogP contribution in [-0.4, -0.2) is 17.1 Å². The van der Waals surface area contributed by atoms with Gasteiger partial charge in [-0.1, -0.05) is 54.6 Å². The Morgan fingerprint density at radius 3 is 2.28 bits per heavy atom. The molecule has 0 fully saturated rings. The molecule has 0 saturated heterocycles. The number of fused-ring (bicyclic) bond motifs is 1. The van der Waals surface area contributed by atoms with Gasteiger partial charge in [-0.3, -0.25) is 10.1 Å². The number of carbonyl (C=O) groups excluding carboxylic acids is 1. The monoisotopic (exact) mass is 401 g/mol. The predicted molar refractivity (Wildman–Crippen MR) is 122 cm³/mol. The molecule has 0 aliphatic carbocycles. The quantitative estimate of drug-likeness (QED) is 0.596. The molecule has 29 heavy (non-hydrogen) atoms. The van der Waals surface area contributed by atoms with E-state index in [0.717, 1.165) is 17.8 Å². The van der Waals surface area contributed by atoms with Crippen LogP contribution in [-0.2, 0) is 0 Å². The van der Waals surface area contributed by atoms with Gasteiger partial charge in [-0.25, -0.2) is 0 Å². The fourth-order valence-electron chi connectivity index (χ4n) is 3.81. The van der Waals surface area contributed by atoms with Crippen molar-refractivity contribution in [3.63, 3.8) is 0 Å². The van der Waals surface area contributed by atoms with Gasteiger partial charge in [0.2, 0.25) is 0 Å². The number of anilines is 2. The Morgan fingerprint density at radius 1 is 0.931 bits per heavy atom. The van der Waals surface area contributed by atoms with Crippen molar-refractivity contribution in [1.82, 2.24) is 5.32 Å². The first kappa shape index (κ1) is 19.2. The third-order valence-electron chi connectivity index (χ3n) is 5.18. The third kappa shape index (κ3) is 4.15. The smallest absolute Gasteiger partial charge is 0.257 e. The lowest BCUT2D eigenvalue weighted by Crippen LogP contribution is -2.50. The van der Waals surface area contributed by atoms with E-state index in [9.17, 15) is 4.79 Å². The second-order valence-corrected chi connectivity index (χ2v) is 7.59. The van der Waals surface area contributed by atoms with Crippen LogP contribution < -0.4 is 15.5 Å². The number of nitrogens with one attached hydrogen (secondary N) is 2. The molecule has 4 nitrogen and oxygen atoms in total. The van der Waals surface area contributed by atoms with Gasteiger partial charge in [0.25, 0.3) is 5.91 Å². The lowest BCUT2D eigenvalue weighted by Gasteiger charge is -2.41. The maximum Gasteiger partial charge on any atom is 0.257 e. The van der Waals surface area contributed by atoms with Gasteiger partial charge >= 0.3 is 0 Å². The molecular formula is C24H23N3OS. The molecule has 3 aromatic carbocycles. The van der Waals surface area contributed by atoms with Crippen molar-refractivity contribution in [2.45, 2.75) is 25.4 Å². The minimum absolute atomic E-state index is 0.134. The highest BCUT2D eigenvalue weighted by molar-refractivity contribution is 7.80. The maximum absolute atomic E-state index is 12.6. The average molecular weight is 402 g/mol. The molecule has 0 bridgehead atoms. The zero-order valence-electron chi connectivity index (χ0n) is 16.2. The predicted octanol–water partition coefficient (Wildman–Crippen LogP) is 5.15. The van der Waals surface area contributed by atoms with Crippen LogP contribution in [0.5, 0.6) is 0 Å². The van der Waals surface area contributed by atoms with E-state index in [1.54, 1.807) is 12.1 Å². The average Bonchev–Trinajstić information content (AvgIpc) is 2.75. The Kier molecular flexibility index (Phi) is 5.58. The molecular weight excluding hydrogens is 378 g/mol. The number of nitrogens with zero attached hydrogens (tertiary/aromatic N) is 1. The number of hydrogen-bond acceptors (Lipinski definition) is 3. The topological polar surface area (TPSA) is 44.4 Å². The minimum Gasteiger partial charge on any atom is -0.378 e. The van der Waals surface area contributed by atoms with Crippen LogP contribution in [0.2, 0.25) is 0 Å². The molecule has 3 aromatic rings. The van der Waals surface area contributed by atoms with Crippen molar-refractivity contribution in [3.05, 3.63) is 96.1 Å². The highest BCUT2D eigenvalue weighted by Crippen LogP contribution is 2.38. The summed E-state index contributed by atoms with van der Waals surface area (Å²) in [5, 5.41) is 6.96. The van der Waals surface area contributed by atoms with Crippen LogP contribution in [0.25, 0.3) is 0 Å². The number of thiocarbonyl (C=S) groups is 1. The van der Waals surface area contributed by atoms with E-state index in [1.165, 1.54) is 5.56 Å². The molecule has 0 saturated carbocycles. The van der Waals surface area contributed by atoms with E-state index in [1.807, 2.05) is 48.5 Å². The number of hydrogen-bond donors (Lipinski definition) is 2. The van der Waals surface area contributed by atoms with Gasteiger partial charge in [-0.2, -0.15) is 0 Å². The van der Waals surface area contributed by atoms with Gasteiger partial charge < -0.3 is 10.2 Å². The summed E-state index contributed by atoms with van der Waals surface area (Å²) in [6, 6.07) is 27.9. The van der Waals surface area contributed by atoms with Crippen LogP contribution >= 0.6 is 12.2 Å². The standard InChI is InChI=1S/C24H23N3OS/c1-17-16-21(25-19-12-6-3-7-13-19)20-14-8-9-15-22(20)27(17)24(29)26-23(28)18-10-4-2-5-11-18/h2-15,17,21,25H,16H2,1H3,(H,26,28,29)/t17-,21+/m0/s1. The van der Waals surface area contributed by atoms with Crippen LogP contribution in [0.1, 0.15) is 35.3 Å². The number of benzene rings is 3. The first-order valence-corrected chi connectivity index (χ1v) is 10.1. The fraction of sp³-hybridized carbons (Fsp3) is 0.167. The van der Waals surface area contributed by atoms with E-state index < -0.39 is 0 Å². The van der Waals surface area contributed by atoms with Gasteiger partial charge in [0.1, 0.15) is 0 Å². The van der Waals surface area contributed by atoms with Crippen LogP contribution in [0.4, 0.5) is 11.4 Å². The normalized spacial score (nSPS) is 17.9. The highest BCUT2D eigenvalue weighted by atomic mass is 32.1. The molecule has 0 unspecified atom stereocenters. The van der Waals surface area contributed by atoms with Gasteiger partial charge in [-0.05, 0) is 61.5 Å². The molecule has 1 heterocycles. The van der Waals surface area contributed by atoms with Gasteiger partial charge in [0.15, 0.2) is 5.11 Å². The second-order valence-electron chi connectivity index (χ2n) is 7.20. The Morgan fingerprint density at radius 2 is 1.55 bits per heavy atom. The van der Waals surface area contributed by atoms with Crippen molar-refractivity contribution in [2.75, 3.05) is 10.2 Å². The summed E-state index contributed by atoms with van der Waals surface area (Å²) < 4.78 is 0. The number of rotatable bonds is 3. The Hall–Kier alpha value is -3.18. The molecule has 2 N–H and O–H groups in total. The largest absolute Gasteiger partial charge is 0.378 e. The SMILES string of the molecule is C[C@H]1C[C@@H](Nc2ccccc2)c2ccccc2N1C(=S)NC(=O)c1ccccc1. The number of para-hydroxylation sites is 2. The molecule has 5 heteroatoms. The lowest BCUT2D eigenvalue weighted by molar-refractivity contribution is 0.0977. The molecule has 4 rings (SSSR count). The van der Waals surface area contributed by atoms with E-state index in [-0.39, 0.29) is 18.0 Å². The third-order valence-corrected chi connectivity index (χ3v) is 5.48. The van der Waals surface area contributed by atoms with E-state index in [2.05, 4.69) is 46.7 Å². The van der Waals surface area contributed by atoms with Crippen molar-refractivity contribution in [1.29, 1.82) is 0 Å². The molecule has 1 aliphatic rings. The summed E-state index contributed by atoms with van der Waals surface area (Å²) >= 11 is 5.65. The van der Waals surface area contributed by atoms with Crippen LogP contribution in [0.15, 0.2) is 84.9 Å². The van der Waals surface area contributed by atoms with Gasteiger partial charge in [-0.15, -0.1) is 0 Å². The minimum atomic E-state index is -0.190. The first-order chi connectivity index (χ1) is 14.1. The summed E-state index contributed by atoms with van der Waals surface area (Å²) in [7, 11) is 0. The van der Waals surface area contributed by atoms with E-state index in [0.29, 0.717) is 10.7 Å². The molecule has 0 spiro atoms. The van der Waals surface area contributed by atoms with E-state index in [4.69, 9.17) is 12.2 Å². The summed E-state index contributed by atoms with van der Waals surface area (Å²) in [6.07, 6.45) is 0.868. The number of carbonyl (C=O) groups is 1. The second kappa shape index (κ2) is 8.45. The first-order valence-electron chi connectivity index (χ1n) is 9.73. The van der Waals surface area contributed by atoms with Gasteiger partial charge in [0, 0.05) is 23.0 Å². The summed E-state index contributed by atoms with van der Waals surface area (Å²) in [6.45, 7) is 2.14. The van der Waals surface area contributed by atoms with Crippen molar-refractivity contribution in [2.24, 2.45) is 0 Å². The Balaban J connectivity index is 1.58. The Labute approximate surface area is 176 Å². The zero-order chi connectivity index (χ0) is 20.2. The van der Waals surface area contributed by atoms with Crippen molar-refractivity contribution in [3.8, 4) is 0 Å². The molecule has 1 aliphatic heterocycles. The highest BCUT2D eigenvalue weighted by Gasteiger charge is 2.32. The molecule has 1 amide bonds. The number of amides is 1. The van der Waals surface area contributed by atoms with Crippen LogP contribution in [0, 0.1) is 0 Å². The molecule has 0 radical (unpaired) electrons. The zero-order valence-corrected chi connectivity index (χ0v) is 17.0. The summed E-state index contributed by atoms with van der Waals surface area (Å²) in [5.41, 5.74) is 3.88. The molecule has 2 atom stereocenters. The Bertz CT molecular complexity index is 1010. The van der Waals surface area contributed by atoms with E-state index >= 15 is 0 Å². The van der Waals surface area contributed by atoms with Gasteiger partial charge in [0.05, 0.1) is 6.04 Å². The van der Waals surface area contributed by atoms with Crippen molar-refractivity contribution >= 4 is 34.6 Å². The fourth-order valence-corrected chi connectivity index (χ4v) is 4.18. The van der Waals surface area contributed by atoms with Crippen molar-refractivity contribution < 1.29 is 4.79 Å². The summed E-state index contributed by atoms with van der Waals surface area (Å²) in [4.78, 5) is 14.6. The maximum atomic E-state index is 12.6. The summed E-state index contributed by atoms with van der Waals surface area (Å²) in [5.74, 6) is -0.190. The molecule has 0 aromatic heterocycles. The molecule has 146 valence electrons. The lowest BCUT2D eigenvalue weighted by atomic mass is 9.91.